The Morgan fingerprint density at radius 2 is 2.29 bits per heavy atom. The number of hydrogen-bond acceptors (Lipinski definition) is 3. The first-order valence-electron chi connectivity index (χ1n) is 7.29. The summed E-state index contributed by atoms with van der Waals surface area (Å²) in [5.41, 5.74) is 7.77. The van der Waals surface area contributed by atoms with Crippen LogP contribution in [0.3, 0.4) is 0 Å². The van der Waals surface area contributed by atoms with Gasteiger partial charge in [0.1, 0.15) is 0 Å². The van der Waals surface area contributed by atoms with Crippen LogP contribution in [0.2, 0.25) is 0 Å². The lowest BCUT2D eigenvalue weighted by Gasteiger charge is -2.20. The van der Waals surface area contributed by atoms with Gasteiger partial charge >= 0.3 is 0 Å². The largest absolute Gasteiger partial charge is 0.379 e. The molecule has 0 saturated heterocycles. The van der Waals surface area contributed by atoms with Crippen molar-refractivity contribution in [1.82, 2.24) is 5.32 Å². The molecular weight excluding hydrogens is 264 g/mol. The number of methoxy groups -OCH3 is 1. The van der Waals surface area contributed by atoms with Crippen LogP contribution in [0.5, 0.6) is 0 Å². The molecule has 2 rings (SSSR count). The molecule has 2 atom stereocenters. The summed E-state index contributed by atoms with van der Waals surface area (Å²) in [6.07, 6.45) is 3.14. The molecule has 1 aliphatic carbocycles. The molecule has 1 aromatic carbocycles. The van der Waals surface area contributed by atoms with Gasteiger partial charge in [-0.1, -0.05) is 23.5 Å². The Morgan fingerprint density at radius 3 is 3.00 bits per heavy atom. The number of rotatable bonds is 3. The highest BCUT2D eigenvalue weighted by Crippen LogP contribution is 2.22. The number of nitrogens with one attached hydrogen (secondary N) is 1. The van der Waals surface area contributed by atoms with Crippen LogP contribution in [0.15, 0.2) is 18.2 Å². The van der Waals surface area contributed by atoms with Crippen LogP contribution in [0.4, 0.5) is 0 Å². The van der Waals surface area contributed by atoms with E-state index >= 15 is 0 Å². The Bertz CT molecular complexity index is 572. The van der Waals surface area contributed by atoms with E-state index in [9.17, 15) is 4.79 Å². The van der Waals surface area contributed by atoms with Crippen LogP contribution >= 0.6 is 0 Å². The van der Waals surface area contributed by atoms with E-state index in [2.05, 4.69) is 17.2 Å². The van der Waals surface area contributed by atoms with Crippen molar-refractivity contribution in [3.05, 3.63) is 34.9 Å². The lowest BCUT2D eigenvalue weighted by Crippen LogP contribution is -2.41. The molecule has 0 heterocycles. The smallest absolute Gasteiger partial charge is 0.252 e. The van der Waals surface area contributed by atoms with E-state index in [-0.39, 0.29) is 24.6 Å². The Hall–Kier alpha value is -1.83. The van der Waals surface area contributed by atoms with Crippen molar-refractivity contribution in [2.24, 2.45) is 5.73 Å². The molecule has 0 radical (unpaired) electrons. The number of aryl methyl sites for hydroxylation is 1. The number of carbonyl (C=O) groups is 1. The van der Waals surface area contributed by atoms with Gasteiger partial charge in [-0.05, 0) is 38.3 Å². The molecule has 2 unspecified atom stereocenters. The number of benzene rings is 1. The third-order valence-corrected chi connectivity index (χ3v) is 3.82. The molecule has 0 aromatic heterocycles. The lowest BCUT2D eigenvalue weighted by atomic mass is 10.0. The van der Waals surface area contributed by atoms with E-state index in [0.717, 1.165) is 30.4 Å². The van der Waals surface area contributed by atoms with Crippen molar-refractivity contribution in [2.75, 3.05) is 13.7 Å². The fraction of sp³-hybridized carbons (Fsp3) is 0.471. The van der Waals surface area contributed by atoms with E-state index < -0.39 is 0 Å². The monoisotopic (exact) mass is 286 g/mol. The number of carbonyl (C=O) groups excluding carboxylic acids is 1. The highest BCUT2D eigenvalue weighted by Gasteiger charge is 2.29. The number of ether oxygens (including phenoxy) is 1. The van der Waals surface area contributed by atoms with Gasteiger partial charge in [-0.15, -0.1) is 0 Å². The van der Waals surface area contributed by atoms with Crippen LogP contribution in [-0.2, 0) is 4.74 Å². The van der Waals surface area contributed by atoms with Crippen LogP contribution in [0.25, 0.3) is 0 Å². The zero-order valence-electron chi connectivity index (χ0n) is 12.6. The Balaban J connectivity index is 2.20. The Morgan fingerprint density at radius 1 is 1.48 bits per heavy atom. The molecule has 21 heavy (non-hydrogen) atoms. The maximum Gasteiger partial charge on any atom is 0.252 e. The minimum atomic E-state index is -0.0889. The summed E-state index contributed by atoms with van der Waals surface area (Å²) in [6, 6.07) is 5.77. The van der Waals surface area contributed by atoms with Crippen molar-refractivity contribution < 1.29 is 9.53 Å². The first-order chi connectivity index (χ1) is 10.2. The van der Waals surface area contributed by atoms with Crippen LogP contribution in [0.1, 0.15) is 40.7 Å². The number of hydrogen-bond donors (Lipinski definition) is 2. The maximum absolute atomic E-state index is 12.5. The van der Waals surface area contributed by atoms with Crippen LogP contribution in [0, 0.1) is 18.8 Å². The third kappa shape index (κ3) is 3.84. The van der Waals surface area contributed by atoms with Crippen molar-refractivity contribution >= 4 is 5.91 Å². The van der Waals surface area contributed by atoms with Gasteiger partial charge in [0.2, 0.25) is 0 Å². The summed E-state index contributed by atoms with van der Waals surface area (Å²) in [4.78, 5) is 12.5. The SMILES string of the molecule is COC1CCCC1NC(=O)c1cc(C)ccc1C#CCN. The number of amides is 1. The fourth-order valence-corrected chi connectivity index (χ4v) is 2.72. The standard InChI is InChI=1S/C17H22N2O2/c1-12-8-9-13(5-4-10-18)14(11-12)17(20)19-15-6-3-7-16(15)21-2/h8-9,11,15-16H,3,6-7,10,18H2,1-2H3,(H,19,20). The summed E-state index contributed by atoms with van der Waals surface area (Å²) in [6.45, 7) is 2.24. The zero-order valence-corrected chi connectivity index (χ0v) is 12.6. The highest BCUT2D eigenvalue weighted by molar-refractivity contribution is 5.97. The molecule has 1 saturated carbocycles. The predicted octanol–water partition coefficient (Wildman–Crippen LogP) is 1.60. The molecule has 1 aliphatic rings. The first kappa shape index (κ1) is 15.6. The Labute approximate surface area is 126 Å². The van der Waals surface area contributed by atoms with Gasteiger partial charge in [0, 0.05) is 12.7 Å². The van der Waals surface area contributed by atoms with Gasteiger partial charge in [0.25, 0.3) is 5.91 Å². The van der Waals surface area contributed by atoms with Gasteiger partial charge in [0.05, 0.1) is 24.3 Å². The van der Waals surface area contributed by atoms with Gasteiger partial charge in [-0.3, -0.25) is 4.79 Å². The minimum absolute atomic E-state index is 0.0818. The van der Waals surface area contributed by atoms with Crippen LogP contribution in [-0.4, -0.2) is 31.7 Å². The zero-order chi connectivity index (χ0) is 15.2. The molecular formula is C17H22N2O2. The molecule has 3 N–H and O–H groups in total. The summed E-state index contributed by atoms with van der Waals surface area (Å²) < 4.78 is 5.42. The second kappa shape index (κ2) is 7.26. The molecule has 0 bridgehead atoms. The molecule has 4 heteroatoms. The second-order valence-electron chi connectivity index (χ2n) is 5.34. The average molecular weight is 286 g/mol. The number of nitrogens with two attached hydrogens (primary N) is 1. The third-order valence-electron chi connectivity index (χ3n) is 3.82. The van der Waals surface area contributed by atoms with Gasteiger partial charge in [-0.2, -0.15) is 0 Å². The molecule has 0 aliphatic heterocycles. The topological polar surface area (TPSA) is 64.3 Å². The van der Waals surface area contributed by atoms with Gasteiger partial charge in [0.15, 0.2) is 0 Å². The van der Waals surface area contributed by atoms with Crippen LogP contribution < -0.4 is 11.1 Å². The van der Waals surface area contributed by atoms with E-state index in [0.29, 0.717) is 5.56 Å². The van der Waals surface area contributed by atoms with Crippen molar-refractivity contribution in [1.29, 1.82) is 0 Å². The minimum Gasteiger partial charge on any atom is -0.379 e. The predicted molar refractivity (Wildman–Crippen MR) is 83.0 cm³/mol. The van der Waals surface area contributed by atoms with E-state index in [1.165, 1.54) is 0 Å². The average Bonchev–Trinajstić information content (AvgIpc) is 2.93. The van der Waals surface area contributed by atoms with Crippen molar-refractivity contribution in [3.8, 4) is 11.8 Å². The van der Waals surface area contributed by atoms with E-state index in [4.69, 9.17) is 10.5 Å². The lowest BCUT2D eigenvalue weighted by molar-refractivity contribution is 0.0722. The molecule has 0 spiro atoms. The summed E-state index contributed by atoms with van der Waals surface area (Å²) in [5.74, 6) is 5.68. The van der Waals surface area contributed by atoms with Gasteiger partial charge in [-0.25, -0.2) is 0 Å². The fourth-order valence-electron chi connectivity index (χ4n) is 2.72. The van der Waals surface area contributed by atoms with Crippen molar-refractivity contribution in [2.45, 2.75) is 38.3 Å². The van der Waals surface area contributed by atoms with Gasteiger partial charge < -0.3 is 15.8 Å². The normalized spacial score (nSPS) is 20.7. The molecule has 1 amide bonds. The summed E-state index contributed by atoms with van der Waals surface area (Å²) >= 11 is 0. The maximum atomic E-state index is 12.5. The summed E-state index contributed by atoms with van der Waals surface area (Å²) in [5, 5.41) is 3.08. The quantitative estimate of drug-likeness (QED) is 0.830. The molecule has 112 valence electrons. The second-order valence-corrected chi connectivity index (χ2v) is 5.34. The Kier molecular flexibility index (Phi) is 5.38. The van der Waals surface area contributed by atoms with Crippen molar-refractivity contribution in [3.63, 3.8) is 0 Å². The van der Waals surface area contributed by atoms with E-state index in [1.54, 1.807) is 7.11 Å². The van der Waals surface area contributed by atoms with E-state index in [1.807, 2.05) is 25.1 Å². The molecule has 1 aromatic rings. The summed E-state index contributed by atoms with van der Waals surface area (Å²) in [7, 11) is 1.69. The highest BCUT2D eigenvalue weighted by atomic mass is 16.5. The molecule has 4 nitrogen and oxygen atoms in total. The molecule has 1 fully saturated rings. The first-order valence-corrected chi connectivity index (χ1v) is 7.29.